The monoisotopic (exact) mass is 246 g/mol. The molecule has 1 aliphatic heterocycles. The summed E-state index contributed by atoms with van der Waals surface area (Å²) in [7, 11) is 0. The molecule has 18 heavy (non-hydrogen) atoms. The van der Waals surface area contributed by atoms with E-state index in [0.29, 0.717) is 6.54 Å². The fourth-order valence-electron chi connectivity index (χ4n) is 2.13. The van der Waals surface area contributed by atoms with Crippen LogP contribution in [0.3, 0.4) is 0 Å². The Balaban J connectivity index is 2.14. The van der Waals surface area contributed by atoms with Crippen molar-refractivity contribution in [2.75, 3.05) is 6.54 Å². The van der Waals surface area contributed by atoms with Crippen LogP contribution >= 0.6 is 0 Å². The molecule has 1 aliphatic rings. The Morgan fingerprint density at radius 1 is 1.28 bits per heavy atom. The van der Waals surface area contributed by atoms with E-state index in [-0.39, 0.29) is 18.4 Å². The second-order valence-electron chi connectivity index (χ2n) is 4.90. The molecule has 1 aromatic carbocycles. The molecule has 0 bridgehead atoms. The number of aryl methyl sites for hydroxylation is 2. The summed E-state index contributed by atoms with van der Waals surface area (Å²) in [6, 6.07) is 5.70. The Hall–Kier alpha value is -1.84. The smallest absolute Gasteiger partial charge is 0.245 e. The normalized spacial score (nSPS) is 19.9. The second kappa shape index (κ2) is 4.80. The highest BCUT2D eigenvalue weighted by Crippen LogP contribution is 2.13. The number of nitrogens with zero attached hydrogens (tertiary/aromatic N) is 1. The van der Waals surface area contributed by atoms with Crippen LogP contribution < -0.4 is 5.32 Å². The number of nitrogens with one attached hydrogen (secondary N) is 1. The largest absolute Gasteiger partial charge is 0.343 e. The van der Waals surface area contributed by atoms with Gasteiger partial charge in [0.1, 0.15) is 6.04 Å². The van der Waals surface area contributed by atoms with E-state index in [2.05, 4.69) is 18.3 Å². The van der Waals surface area contributed by atoms with Gasteiger partial charge in [-0.1, -0.05) is 18.2 Å². The average molecular weight is 246 g/mol. The van der Waals surface area contributed by atoms with E-state index in [9.17, 15) is 9.59 Å². The summed E-state index contributed by atoms with van der Waals surface area (Å²) in [5.41, 5.74) is 3.50. The van der Waals surface area contributed by atoms with Gasteiger partial charge in [-0.05, 0) is 37.5 Å². The molecular weight excluding hydrogens is 228 g/mol. The van der Waals surface area contributed by atoms with Crippen LogP contribution in [-0.2, 0) is 16.1 Å². The lowest BCUT2D eigenvalue weighted by atomic mass is 10.1. The molecule has 2 amide bonds. The van der Waals surface area contributed by atoms with Gasteiger partial charge >= 0.3 is 0 Å². The number of carbonyl (C=O) groups excluding carboxylic acids is 2. The van der Waals surface area contributed by atoms with E-state index in [1.165, 1.54) is 11.1 Å². The van der Waals surface area contributed by atoms with E-state index in [4.69, 9.17) is 0 Å². The zero-order chi connectivity index (χ0) is 13.3. The first-order chi connectivity index (χ1) is 8.47. The molecule has 0 aliphatic carbocycles. The lowest BCUT2D eigenvalue weighted by molar-refractivity contribution is -0.144. The molecular formula is C14H18N2O2. The summed E-state index contributed by atoms with van der Waals surface area (Å²) in [5.74, 6) is -0.112. The molecule has 1 atom stereocenters. The van der Waals surface area contributed by atoms with Crippen molar-refractivity contribution in [2.45, 2.75) is 33.4 Å². The predicted molar refractivity (Wildman–Crippen MR) is 68.9 cm³/mol. The highest BCUT2D eigenvalue weighted by molar-refractivity contribution is 5.94. The molecule has 1 N–H and O–H groups in total. The fraction of sp³-hybridized carbons (Fsp3) is 0.429. The van der Waals surface area contributed by atoms with Gasteiger partial charge in [0.15, 0.2) is 0 Å². The van der Waals surface area contributed by atoms with Gasteiger partial charge in [0.05, 0.1) is 6.54 Å². The number of piperazine rings is 1. The molecule has 96 valence electrons. The van der Waals surface area contributed by atoms with Crippen LogP contribution in [0.1, 0.15) is 23.6 Å². The molecule has 4 heteroatoms. The van der Waals surface area contributed by atoms with Gasteiger partial charge in [0.2, 0.25) is 11.8 Å². The Morgan fingerprint density at radius 3 is 2.67 bits per heavy atom. The summed E-state index contributed by atoms with van der Waals surface area (Å²) in [6.07, 6.45) is 0. The van der Waals surface area contributed by atoms with Crippen LogP contribution in [-0.4, -0.2) is 29.3 Å². The Labute approximate surface area is 107 Å². The van der Waals surface area contributed by atoms with E-state index in [1.54, 1.807) is 11.8 Å². The molecule has 1 fully saturated rings. The van der Waals surface area contributed by atoms with Crippen LogP contribution in [0.15, 0.2) is 18.2 Å². The third-order valence-corrected chi connectivity index (χ3v) is 3.34. The van der Waals surface area contributed by atoms with E-state index in [1.807, 2.05) is 19.1 Å². The van der Waals surface area contributed by atoms with Crippen LogP contribution in [0.2, 0.25) is 0 Å². The van der Waals surface area contributed by atoms with Gasteiger partial charge in [-0.2, -0.15) is 0 Å². The first kappa shape index (κ1) is 12.6. The molecule has 0 aromatic heterocycles. The maximum Gasteiger partial charge on any atom is 0.245 e. The molecule has 4 nitrogen and oxygen atoms in total. The van der Waals surface area contributed by atoms with Crippen molar-refractivity contribution in [2.24, 2.45) is 0 Å². The lowest BCUT2D eigenvalue weighted by Gasteiger charge is -2.30. The Morgan fingerprint density at radius 2 is 2.00 bits per heavy atom. The van der Waals surface area contributed by atoms with Gasteiger partial charge in [-0.3, -0.25) is 9.59 Å². The highest BCUT2D eigenvalue weighted by atomic mass is 16.2. The first-order valence-electron chi connectivity index (χ1n) is 6.11. The van der Waals surface area contributed by atoms with Crippen LogP contribution in [0.4, 0.5) is 0 Å². The first-order valence-corrected chi connectivity index (χ1v) is 6.11. The SMILES string of the molecule is Cc1ccc(CN2CC(=O)NC(C)C2=O)cc1C. The molecule has 1 heterocycles. The van der Waals surface area contributed by atoms with Crippen molar-refractivity contribution in [3.63, 3.8) is 0 Å². The van der Waals surface area contributed by atoms with E-state index in [0.717, 1.165) is 5.56 Å². The highest BCUT2D eigenvalue weighted by Gasteiger charge is 2.29. The number of amides is 2. The topological polar surface area (TPSA) is 49.4 Å². The van der Waals surface area contributed by atoms with Crippen molar-refractivity contribution < 1.29 is 9.59 Å². The number of benzene rings is 1. The van der Waals surface area contributed by atoms with Gasteiger partial charge in [-0.15, -0.1) is 0 Å². The van der Waals surface area contributed by atoms with E-state index >= 15 is 0 Å². The third kappa shape index (κ3) is 2.53. The predicted octanol–water partition coefficient (Wildman–Crippen LogP) is 1.15. The van der Waals surface area contributed by atoms with Crippen molar-refractivity contribution >= 4 is 11.8 Å². The number of carbonyl (C=O) groups is 2. The molecule has 2 rings (SSSR count). The van der Waals surface area contributed by atoms with Crippen molar-refractivity contribution in [3.05, 3.63) is 34.9 Å². The van der Waals surface area contributed by atoms with E-state index < -0.39 is 6.04 Å². The Bertz CT molecular complexity index is 497. The maximum absolute atomic E-state index is 11.9. The summed E-state index contributed by atoms with van der Waals surface area (Å²) in [4.78, 5) is 25.0. The van der Waals surface area contributed by atoms with Gasteiger partial charge in [-0.25, -0.2) is 0 Å². The minimum absolute atomic E-state index is 0.0205. The molecule has 0 spiro atoms. The van der Waals surface area contributed by atoms with Crippen LogP contribution in [0.5, 0.6) is 0 Å². The summed E-state index contributed by atoms with van der Waals surface area (Å²) in [5, 5.41) is 2.64. The molecule has 1 aromatic rings. The second-order valence-corrected chi connectivity index (χ2v) is 4.90. The number of hydrogen-bond donors (Lipinski definition) is 1. The molecule has 0 radical (unpaired) electrons. The van der Waals surface area contributed by atoms with Crippen LogP contribution in [0.25, 0.3) is 0 Å². The van der Waals surface area contributed by atoms with Crippen LogP contribution in [0, 0.1) is 13.8 Å². The van der Waals surface area contributed by atoms with Crippen molar-refractivity contribution in [3.8, 4) is 0 Å². The van der Waals surface area contributed by atoms with Gasteiger partial charge < -0.3 is 10.2 Å². The quantitative estimate of drug-likeness (QED) is 0.851. The molecule has 1 saturated heterocycles. The minimum Gasteiger partial charge on any atom is -0.343 e. The van der Waals surface area contributed by atoms with Crippen molar-refractivity contribution in [1.29, 1.82) is 0 Å². The zero-order valence-electron chi connectivity index (χ0n) is 11.0. The fourth-order valence-corrected chi connectivity index (χ4v) is 2.13. The van der Waals surface area contributed by atoms with Crippen molar-refractivity contribution in [1.82, 2.24) is 10.2 Å². The average Bonchev–Trinajstić information content (AvgIpc) is 2.30. The summed E-state index contributed by atoms with van der Waals surface area (Å²) < 4.78 is 0. The zero-order valence-corrected chi connectivity index (χ0v) is 11.0. The minimum atomic E-state index is -0.419. The Kier molecular flexibility index (Phi) is 3.36. The molecule has 1 unspecified atom stereocenters. The number of hydrogen-bond acceptors (Lipinski definition) is 2. The van der Waals surface area contributed by atoms with Gasteiger partial charge in [0, 0.05) is 6.54 Å². The standard InChI is InChI=1S/C14H18N2O2/c1-9-4-5-12(6-10(9)2)7-16-8-13(17)15-11(3)14(16)18/h4-6,11H,7-8H2,1-3H3,(H,15,17). The lowest BCUT2D eigenvalue weighted by Crippen LogP contribution is -2.56. The summed E-state index contributed by atoms with van der Waals surface area (Å²) >= 11 is 0. The van der Waals surface area contributed by atoms with Gasteiger partial charge in [0.25, 0.3) is 0 Å². The summed E-state index contributed by atoms with van der Waals surface area (Å²) in [6.45, 7) is 6.47. The number of rotatable bonds is 2. The maximum atomic E-state index is 11.9. The molecule has 0 saturated carbocycles. The third-order valence-electron chi connectivity index (χ3n) is 3.34.